The summed E-state index contributed by atoms with van der Waals surface area (Å²) in [5.74, 6) is -0.670. The van der Waals surface area contributed by atoms with Gasteiger partial charge in [0.1, 0.15) is 6.23 Å². The highest BCUT2D eigenvalue weighted by Gasteiger charge is 2.16. The second-order valence-electron chi connectivity index (χ2n) is 4.50. The minimum atomic E-state index is -0.851. The highest BCUT2D eigenvalue weighted by molar-refractivity contribution is 6.30. The van der Waals surface area contributed by atoms with Crippen molar-refractivity contribution in [1.29, 1.82) is 0 Å². The molecule has 1 unspecified atom stereocenters. The second kappa shape index (κ2) is 5.58. The summed E-state index contributed by atoms with van der Waals surface area (Å²) < 4.78 is 1.40. The average molecular weight is 319 g/mol. The first-order valence-electron chi connectivity index (χ1n) is 6.25. The summed E-state index contributed by atoms with van der Waals surface area (Å²) in [4.78, 5) is 15.3. The van der Waals surface area contributed by atoms with Crippen LogP contribution in [0, 0.1) is 0 Å². The molecule has 2 heterocycles. The van der Waals surface area contributed by atoms with Crippen molar-refractivity contribution in [3.63, 3.8) is 0 Å². The van der Waals surface area contributed by atoms with Crippen LogP contribution in [0.1, 0.15) is 16.1 Å². The molecule has 0 saturated carbocycles. The quantitative estimate of drug-likeness (QED) is 0.752. The third-order valence-electron chi connectivity index (χ3n) is 2.99. The molecule has 3 rings (SSSR count). The molecule has 1 aliphatic rings. The minimum Gasteiger partial charge on any atom is -0.370 e. The summed E-state index contributed by atoms with van der Waals surface area (Å²) in [7, 11) is 0. The molecule has 1 aromatic heterocycles. The molecule has 112 valence electrons. The third-order valence-corrected chi connectivity index (χ3v) is 3.23. The highest BCUT2D eigenvalue weighted by atomic mass is 35.5. The van der Waals surface area contributed by atoms with Crippen molar-refractivity contribution in [2.75, 3.05) is 0 Å². The highest BCUT2D eigenvalue weighted by Crippen LogP contribution is 2.27. The molecule has 1 aliphatic heterocycles. The van der Waals surface area contributed by atoms with Gasteiger partial charge in [-0.05, 0) is 24.3 Å². The molecule has 9 heteroatoms. The number of carbonyl (C=O) groups is 1. The lowest BCUT2D eigenvalue weighted by Crippen LogP contribution is -2.27. The number of aliphatic hydroxyl groups is 1. The van der Waals surface area contributed by atoms with Gasteiger partial charge in [0.25, 0.3) is 5.91 Å². The Bertz CT molecular complexity index is 798. The molecule has 1 atom stereocenters. The molecule has 1 amide bonds. The van der Waals surface area contributed by atoms with E-state index in [0.29, 0.717) is 22.0 Å². The maximum Gasteiger partial charge on any atom is 0.270 e. The van der Waals surface area contributed by atoms with Crippen LogP contribution in [-0.2, 0) is 0 Å². The third kappa shape index (κ3) is 2.69. The smallest absolute Gasteiger partial charge is 0.270 e. The monoisotopic (exact) mass is 318 g/mol. The molecule has 0 saturated heterocycles. The molecule has 0 fully saturated rings. The standard InChI is InChI=1S/C13H11ClN6O2/c14-7-1-2-11(20-5-10(13(15)22)18-19-20)8(3-7)9-4-12(21)17-6-16-9/h1-6,12,21H,(H2,15,22)(H,16,17). The van der Waals surface area contributed by atoms with E-state index in [-0.39, 0.29) is 5.69 Å². The predicted octanol–water partition coefficient (Wildman–Crippen LogP) is 0.310. The number of amides is 1. The van der Waals surface area contributed by atoms with E-state index >= 15 is 0 Å². The Morgan fingerprint density at radius 1 is 1.45 bits per heavy atom. The summed E-state index contributed by atoms with van der Waals surface area (Å²) in [5.41, 5.74) is 6.96. The number of aromatic nitrogens is 3. The number of nitrogens with zero attached hydrogens (tertiary/aromatic N) is 4. The fourth-order valence-corrected chi connectivity index (χ4v) is 2.16. The lowest BCUT2D eigenvalue weighted by atomic mass is 10.1. The number of primary amides is 1. The van der Waals surface area contributed by atoms with E-state index in [9.17, 15) is 9.90 Å². The summed E-state index contributed by atoms with van der Waals surface area (Å²) in [6.07, 6.45) is 3.48. The maximum absolute atomic E-state index is 11.1. The second-order valence-corrected chi connectivity index (χ2v) is 4.93. The van der Waals surface area contributed by atoms with E-state index in [1.165, 1.54) is 23.3 Å². The lowest BCUT2D eigenvalue weighted by Gasteiger charge is -2.15. The molecule has 4 N–H and O–H groups in total. The number of aliphatic imine (C=N–C) groups is 1. The van der Waals surface area contributed by atoms with Crippen LogP contribution in [0.5, 0.6) is 0 Å². The molecule has 8 nitrogen and oxygen atoms in total. The molecular formula is C13H11ClN6O2. The van der Waals surface area contributed by atoms with E-state index in [1.54, 1.807) is 18.2 Å². The molecule has 0 radical (unpaired) electrons. The van der Waals surface area contributed by atoms with Crippen LogP contribution < -0.4 is 11.1 Å². The minimum absolute atomic E-state index is 0.0451. The summed E-state index contributed by atoms with van der Waals surface area (Å²) >= 11 is 6.04. The van der Waals surface area contributed by atoms with Gasteiger partial charge in [0, 0.05) is 10.6 Å². The van der Waals surface area contributed by atoms with Gasteiger partial charge in [-0.2, -0.15) is 0 Å². The number of hydrogen-bond donors (Lipinski definition) is 3. The first-order chi connectivity index (χ1) is 10.5. The maximum atomic E-state index is 11.1. The van der Waals surface area contributed by atoms with Crippen LogP contribution in [0.2, 0.25) is 5.02 Å². The van der Waals surface area contributed by atoms with E-state index in [2.05, 4.69) is 20.6 Å². The fourth-order valence-electron chi connectivity index (χ4n) is 1.99. The topological polar surface area (TPSA) is 118 Å². The molecule has 1 aromatic carbocycles. The van der Waals surface area contributed by atoms with Gasteiger partial charge in [-0.3, -0.25) is 4.79 Å². The van der Waals surface area contributed by atoms with Crippen LogP contribution in [0.3, 0.4) is 0 Å². The molecule has 22 heavy (non-hydrogen) atoms. The summed E-state index contributed by atoms with van der Waals surface area (Å²) in [6, 6.07) is 5.07. The van der Waals surface area contributed by atoms with Crippen LogP contribution in [-0.4, -0.2) is 38.6 Å². The van der Waals surface area contributed by atoms with Gasteiger partial charge in [-0.15, -0.1) is 5.10 Å². The van der Waals surface area contributed by atoms with E-state index in [0.717, 1.165) is 0 Å². The van der Waals surface area contributed by atoms with Gasteiger partial charge in [0.2, 0.25) is 0 Å². The molecular weight excluding hydrogens is 308 g/mol. The van der Waals surface area contributed by atoms with Crippen molar-refractivity contribution in [2.24, 2.45) is 10.7 Å². The van der Waals surface area contributed by atoms with Crippen molar-refractivity contribution in [3.05, 3.63) is 46.8 Å². The first kappa shape index (κ1) is 14.2. The van der Waals surface area contributed by atoms with Gasteiger partial charge in [0.15, 0.2) is 5.69 Å². The SMILES string of the molecule is NC(=O)c1cn(-c2ccc(Cl)cc2C2=CC(O)NC=N2)nn1. The van der Waals surface area contributed by atoms with Crippen molar-refractivity contribution in [1.82, 2.24) is 20.3 Å². The Morgan fingerprint density at radius 2 is 2.27 bits per heavy atom. The van der Waals surface area contributed by atoms with Crippen molar-refractivity contribution in [2.45, 2.75) is 6.23 Å². The molecule has 0 spiro atoms. The largest absolute Gasteiger partial charge is 0.370 e. The fraction of sp³-hybridized carbons (Fsp3) is 0.0769. The molecule has 0 bridgehead atoms. The number of aliphatic hydroxyl groups excluding tert-OH is 1. The number of benzene rings is 1. The number of halogens is 1. The van der Waals surface area contributed by atoms with Crippen molar-refractivity contribution in [3.8, 4) is 5.69 Å². The molecule has 2 aromatic rings. The Hall–Kier alpha value is -2.71. The Balaban J connectivity index is 2.11. The lowest BCUT2D eigenvalue weighted by molar-refractivity contribution is 0.0995. The number of carbonyl (C=O) groups excluding carboxylic acids is 1. The predicted molar refractivity (Wildman–Crippen MR) is 80.5 cm³/mol. The van der Waals surface area contributed by atoms with Gasteiger partial charge >= 0.3 is 0 Å². The number of rotatable bonds is 3. The van der Waals surface area contributed by atoms with Crippen molar-refractivity contribution < 1.29 is 9.90 Å². The van der Waals surface area contributed by atoms with Gasteiger partial charge in [0.05, 0.1) is 23.9 Å². The van der Waals surface area contributed by atoms with Crippen LogP contribution in [0.4, 0.5) is 0 Å². The van der Waals surface area contributed by atoms with Crippen molar-refractivity contribution >= 4 is 29.5 Å². The summed E-state index contributed by atoms with van der Waals surface area (Å²) in [5, 5.41) is 20.4. The number of nitrogens with one attached hydrogen (secondary N) is 1. The average Bonchev–Trinajstić information content (AvgIpc) is 2.97. The van der Waals surface area contributed by atoms with Gasteiger partial charge in [-0.25, -0.2) is 9.67 Å². The Morgan fingerprint density at radius 3 is 2.95 bits per heavy atom. The number of hydrogen-bond acceptors (Lipinski definition) is 6. The van der Waals surface area contributed by atoms with Gasteiger partial charge in [-0.1, -0.05) is 16.8 Å². The zero-order valence-electron chi connectivity index (χ0n) is 11.1. The number of nitrogens with two attached hydrogens (primary N) is 1. The van der Waals surface area contributed by atoms with E-state index in [4.69, 9.17) is 17.3 Å². The molecule has 0 aliphatic carbocycles. The van der Waals surface area contributed by atoms with Gasteiger partial charge < -0.3 is 16.2 Å². The van der Waals surface area contributed by atoms with Crippen LogP contribution in [0.15, 0.2) is 35.5 Å². The zero-order valence-corrected chi connectivity index (χ0v) is 11.9. The normalized spacial score (nSPS) is 17.0. The zero-order chi connectivity index (χ0) is 15.7. The van der Waals surface area contributed by atoms with E-state index in [1.807, 2.05) is 0 Å². The first-order valence-corrected chi connectivity index (χ1v) is 6.63. The van der Waals surface area contributed by atoms with Crippen LogP contribution in [0.25, 0.3) is 11.4 Å². The van der Waals surface area contributed by atoms with E-state index < -0.39 is 12.1 Å². The van der Waals surface area contributed by atoms with Crippen LogP contribution >= 0.6 is 11.6 Å². The Labute approximate surface area is 129 Å². The summed E-state index contributed by atoms with van der Waals surface area (Å²) in [6.45, 7) is 0. The Kier molecular flexibility index (Phi) is 3.61.